The molecule has 1 aliphatic rings. The van der Waals surface area contributed by atoms with Gasteiger partial charge < -0.3 is 9.52 Å². The van der Waals surface area contributed by atoms with Gasteiger partial charge in [-0.1, -0.05) is 19.8 Å². The fraction of sp³-hybridized carbons (Fsp3) is 0.615. The lowest BCUT2D eigenvalue weighted by Gasteiger charge is -2.07. The highest BCUT2D eigenvalue weighted by Crippen LogP contribution is 2.36. The minimum atomic E-state index is -0.772. The Balaban J connectivity index is 2.03. The van der Waals surface area contributed by atoms with Gasteiger partial charge in [-0.3, -0.25) is 4.79 Å². The number of carboxylic acids is 1. The molecule has 88 valence electrons. The van der Waals surface area contributed by atoms with Crippen molar-refractivity contribution in [1.29, 1.82) is 0 Å². The summed E-state index contributed by atoms with van der Waals surface area (Å²) in [4.78, 5) is 10.6. The zero-order chi connectivity index (χ0) is 11.5. The highest BCUT2D eigenvalue weighted by Gasteiger charge is 2.21. The van der Waals surface area contributed by atoms with E-state index in [2.05, 4.69) is 0 Å². The van der Waals surface area contributed by atoms with Crippen LogP contribution in [-0.4, -0.2) is 11.1 Å². The zero-order valence-electron chi connectivity index (χ0n) is 9.61. The summed E-state index contributed by atoms with van der Waals surface area (Å²) < 4.78 is 5.77. The first-order chi connectivity index (χ1) is 7.66. The van der Waals surface area contributed by atoms with Gasteiger partial charge in [0.15, 0.2) is 0 Å². The summed E-state index contributed by atoms with van der Waals surface area (Å²) in [6.07, 6.45) is 5.12. The van der Waals surface area contributed by atoms with E-state index in [9.17, 15) is 4.79 Å². The SMILES string of the molecule is CC(CC(=O)O)c1ccc(C2CCCC2)o1. The molecule has 0 spiro atoms. The second-order valence-electron chi connectivity index (χ2n) is 4.72. The predicted molar refractivity (Wildman–Crippen MR) is 60.6 cm³/mol. The first kappa shape index (κ1) is 11.2. The number of furan rings is 1. The Hall–Kier alpha value is -1.25. The van der Waals surface area contributed by atoms with Crippen molar-refractivity contribution in [1.82, 2.24) is 0 Å². The molecule has 0 amide bonds. The molecule has 0 saturated heterocycles. The third kappa shape index (κ3) is 2.46. The van der Waals surface area contributed by atoms with Crippen LogP contribution in [0.5, 0.6) is 0 Å². The van der Waals surface area contributed by atoms with Gasteiger partial charge in [0.25, 0.3) is 0 Å². The molecule has 1 aliphatic carbocycles. The molecule has 0 aliphatic heterocycles. The van der Waals surface area contributed by atoms with E-state index < -0.39 is 5.97 Å². The third-order valence-electron chi connectivity index (χ3n) is 3.37. The van der Waals surface area contributed by atoms with E-state index in [4.69, 9.17) is 9.52 Å². The highest BCUT2D eigenvalue weighted by atomic mass is 16.4. The maximum Gasteiger partial charge on any atom is 0.304 e. The van der Waals surface area contributed by atoms with Crippen molar-refractivity contribution in [2.75, 3.05) is 0 Å². The van der Waals surface area contributed by atoms with E-state index in [1.165, 1.54) is 25.7 Å². The molecule has 1 fully saturated rings. The first-order valence-electron chi connectivity index (χ1n) is 5.98. The monoisotopic (exact) mass is 222 g/mol. The van der Waals surface area contributed by atoms with Gasteiger partial charge in [0.05, 0.1) is 6.42 Å². The Kier molecular flexibility index (Phi) is 3.32. The molecule has 1 aromatic heterocycles. The Morgan fingerprint density at radius 2 is 2.19 bits per heavy atom. The van der Waals surface area contributed by atoms with Crippen molar-refractivity contribution in [3.05, 3.63) is 23.7 Å². The van der Waals surface area contributed by atoms with Gasteiger partial charge in [-0.05, 0) is 25.0 Å². The lowest BCUT2D eigenvalue weighted by atomic mass is 10.1. The maximum atomic E-state index is 10.6. The largest absolute Gasteiger partial charge is 0.481 e. The molecule has 1 saturated carbocycles. The maximum absolute atomic E-state index is 10.6. The molecule has 1 aromatic rings. The van der Waals surface area contributed by atoms with Crippen LogP contribution in [0.15, 0.2) is 16.5 Å². The molecule has 1 N–H and O–H groups in total. The molecule has 3 nitrogen and oxygen atoms in total. The molecule has 0 aromatic carbocycles. The molecular weight excluding hydrogens is 204 g/mol. The average molecular weight is 222 g/mol. The standard InChI is InChI=1S/C13H18O3/c1-9(8-13(14)15)11-6-7-12(16-11)10-4-2-3-5-10/h6-7,9-10H,2-5,8H2,1H3,(H,14,15). The lowest BCUT2D eigenvalue weighted by Crippen LogP contribution is -2.01. The van der Waals surface area contributed by atoms with Gasteiger partial charge in [0.1, 0.15) is 11.5 Å². The van der Waals surface area contributed by atoms with Crippen molar-refractivity contribution < 1.29 is 14.3 Å². The number of hydrogen-bond acceptors (Lipinski definition) is 2. The minimum absolute atomic E-state index is 0.0346. The van der Waals surface area contributed by atoms with Gasteiger partial charge in [-0.25, -0.2) is 0 Å². The van der Waals surface area contributed by atoms with Crippen molar-refractivity contribution in [2.24, 2.45) is 0 Å². The van der Waals surface area contributed by atoms with Crippen molar-refractivity contribution >= 4 is 5.97 Å². The molecule has 0 radical (unpaired) electrons. The van der Waals surface area contributed by atoms with Crippen LogP contribution in [0.3, 0.4) is 0 Å². The fourth-order valence-electron chi connectivity index (χ4n) is 2.43. The lowest BCUT2D eigenvalue weighted by molar-refractivity contribution is -0.137. The molecule has 1 heterocycles. The number of rotatable bonds is 4. The van der Waals surface area contributed by atoms with Crippen LogP contribution in [0, 0.1) is 0 Å². The molecule has 1 unspecified atom stereocenters. The van der Waals surface area contributed by atoms with Gasteiger partial charge in [-0.15, -0.1) is 0 Å². The summed E-state index contributed by atoms with van der Waals surface area (Å²) in [7, 11) is 0. The van der Waals surface area contributed by atoms with Crippen LogP contribution in [0.2, 0.25) is 0 Å². The van der Waals surface area contributed by atoms with Gasteiger partial charge in [0, 0.05) is 11.8 Å². The molecular formula is C13H18O3. The van der Waals surface area contributed by atoms with E-state index in [0.29, 0.717) is 5.92 Å². The summed E-state index contributed by atoms with van der Waals surface area (Å²) in [5, 5.41) is 8.72. The van der Waals surface area contributed by atoms with Gasteiger partial charge in [-0.2, -0.15) is 0 Å². The van der Waals surface area contributed by atoms with Gasteiger partial charge in [0.2, 0.25) is 0 Å². The molecule has 2 rings (SSSR count). The Morgan fingerprint density at radius 3 is 2.81 bits per heavy atom. The van der Waals surface area contributed by atoms with E-state index >= 15 is 0 Å². The van der Waals surface area contributed by atoms with E-state index in [-0.39, 0.29) is 12.3 Å². The molecule has 1 atom stereocenters. The normalized spacial score (nSPS) is 18.8. The quantitative estimate of drug-likeness (QED) is 0.848. The van der Waals surface area contributed by atoms with Crippen LogP contribution in [0.1, 0.15) is 62.4 Å². The van der Waals surface area contributed by atoms with E-state index in [0.717, 1.165) is 11.5 Å². The summed E-state index contributed by atoms with van der Waals surface area (Å²) in [6, 6.07) is 3.95. The number of aliphatic carboxylic acids is 1. The van der Waals surface area contributed by atoms with Crippen LogP contribution >= 0.6 is 0 Å². The molecule has 16 heavy (non-hydrogen) atoms. The highest BCUT2D eigenvalue weighted by molar-refractivity contribution is 5.67. The van der Waals surface area contributed by atoms with Crippen molar-refractivity contribution in [3.63, 3.8) is 0 Å². The Bertz CT molecular complexity index is 361. The predicted octanol–water partition coefficient (Wildman–Crippen LogP) is 3.52. The Morgan fingerprint density at radius 1 is 1.50 bits per heavy atom. The first-order valence-corrected chi connectivity index (χ1v) is 5.98. The van der Waals surface area contributed by atoms with Crippen LogP contribution in [0.25, 0.3) is 0 Å². The van der Waals surface area contributed by atoms with Crippen LogP contribution in [-0.2, 0) is 4.79 Å². The van der Waals surface area contributed by atoms with Crippen molar-refractivity contribution in [3.8, 4) is 0 Å². The van der Waals surface area contributed by atoms with Crippen molar-refractivity contribution in [2.45, 2.75) is 50.9 Å². The average Bonchev–Trinajstić information content (AvgIpc) is 2.87. The summed E-state index contributed by atoms with van der Waals surface area (Å²) in [5.41, 5.74) is 0. The molecule has 3 heteroatoms. The zero-order valence-corrected chi connectivity index (χ0v) is 9.61. The number of carbonyl (C=O) groups is 1. The second-order valence-corrected chi connectivity index (χ2v) is 4.72. The minimum Gasteiger partial charge on any atom is -0.481 e. The van der Waals surface area contributed by atoms with E-state index in [1.54, 1.807) is 0 Å². The van der Waals surface area contributed by atoms with Crippen LogP contribution < -0.4 is 0 Å². The summed E-state index contributed by atoms with van der Waals surface area (Å²) >= 11 is 0. The number of hydrogen-bond donors (Lipinski definition) is 1. The smallest absolute Gasteiger partial charge is 0.304 e. The van der Waals surface area contributed by atoms with Gasteiger partial charge >= 0.3 is 5.97 Å². The third-order valence-corrected chi connectivity index (χ3v) is 3.37. The second kappa shape index (κ2) is 4.73. The fourth-order valence-corrected chi connectivity index (χ4v) is 2.43. The Labute approximate surface area is 95.5 Å². The van der Waals surface area contributed by atoms with E-state index in [1.807, 2.05) is 19.1 Å². The number of carboxylic acid groups (broad SMARTS) is 1. The summed E-state index contributed by atoms with van der Waals surface area (Å²) in [5.74, 6) is 1.61. The molecule has 0 bridgehead atoms. The topological polar surface area (TPSA) is 50.4 Å². The summed E-state index contributed by atoms with van der Waals surface area (Å²) in [6.45, 7) is 1.89. The van der Waals surface area contributed by atoms with Crippen LogP contribution in [0.4, 0.5) is 0 Å².